The van der Waals surface area contributed by atoms with Crippen molar-refractivity contribution in [2.45, 2.75) is 82.0 Å². The number of rotatable bonds is 5. The molecule has 4 atom stereocenters. The molecule has 3 aliphatic heterocycles. The van der Waals surface area contributed by atoms with Gasteiger partial charge >= 0.3 is 0 Å². The Labute approximate surface area is 195 Å². The van der Waals surface area contributed by atoms with Crippen LogP contribution < -0.4 is 0 Å². The van der Waals surface area contributed by atoms with Crippen molar-refractivity contribution >= 4 is 11.8 Å². The number of piperazine rings is 1. The number of carbonyl (C=O) groups is 2. The van der Waals surface area contributed by atoms with Gasteiger partial charge in [0.1, 0.15) is 11.9 Å². The lowest BCUT2D eigenvalue weighted by molar-refractivity contribution is -0.148. The van der Waals surface area contributed by atoms with Crippen molar-refractivity contribution in [1.29, 1.82) is 5.26 Å². The van der Waals surface area contributed by atoms with E-state index in [0.717, 1.165) is 57.1 Å². The van der Waals surface area contributed by atoms with Crippen LogP contribution in [0.1, 0.15) is 63.9 Å². The Kier molecular flexibility index (Phi) is 5.90. The number of nitriles is 1. The van der Waals surface area contributed by atoms with E-state index in [-0.39, 0.29) is 47.2 Å². The molecular formula is C26H33FN4O2. The SMILES string of the molecule is C[C@@H](CN1C[C@@H]2C[C@H]1C(=O)N2C1(c2ccc(F)cc2)CCCCC1)C(=O)N1CCC[C@H]1C#N. The van der Waals surface area contributed by atoms with E-state index in [4.69, 9.17) is 0 Å². The number of hydrogen-bond acceptors (Lipinski definition) is 4. The van der Waals surface area contributed by atoms with Gasteiger partial charge in [0.25, 0.3) is 0 Å². The van der Waals surface area contributed by atoms with Crippen LogP contribution in [0.15, 0.2) is 24.3 Å². The second kappa shape index (κ2) is 8.72. The smallest absolute Gasteiger partial charge is 0.241 e. The highest BCUT2D eigenvalue weighted by Gasteiger charge is 2.57. The first-order valence-electron chi connectivity index (χ1n) is 12.5. The van der Waals surface area contributed by atoms with Gasteiger partial charge in [0, 0.05) is 31.6 Å². The highest BCUT2D eigenvalue weighted by Crippen LogP contribution is 2.49. The predicted molar refractivity (Wildman–Crippen MR) is 121 cm³/mol. The fourth-order valence-corrected chi connectivity index (χ4v) is 6.87. The summed E-state index contributed by atoms with van der Waals surface area (Å²) in [4.78, 5) is 32.7. The second-order valence-corrected chi connectivity index (χ2v) is 10.4. The summed E-state index contributed by atoms with van der Waals surface area (Å²) < 4.78 is 13.6. The number of likely N-dealkylation sites (tertiary alicyclic amines) is 3. The number of hydrogen-bond donors (Lipinski definition) is 0. The summed E-state index contributed by atoms with van der Waals surface area (Å²) in [6, 6.07) is 8.63. The summed E-state index contributed by atoms with van der Waals surface area (Å²) in [5.41, 5.74) is 0.710. The normalized spacial score (nSPS) is 30.0. The molecule has 2 amide bonds. The molecule has 3 heterocycles. The molecule has 0 radical (unpaired) electrons. The topological polar surface area (TPSA) is 67.7 Å². The van der Waals surface area contributed by atoms with Crippen LogP contribution in [-0.4, -0.2) is 64.3 Å². The molecule has 1 saturated carbocycles. The Balaban J connectivity index is 1.32. The number of halogens is 1. The van der Waals surface area contributed by atoms with E-state index >= 15 is 0 Å². The minimum Gasteiger partial charge on any atom is -0.327 e. The summed E-state index contributed by atoms with van der Waals surface area (Å²) in [5.74, 6) is -0.296. The molecule has 1 aromatic carbocycles. The first-order chi connectivity index (χ1) is 15.9. The van der Waals surface area contributed by atoms with E-state index in [0.29, 0.717) is 13.1 Å². The minimum absolute atomic E-state index is 0.0289. The fourth-order valence-electron chi connectivity index (χ4n) is 6.87. The van der Waals surface area contributed by atoms with Crippen molar-refractivity contribution in [2.75, 3.05) is 19.6 Å². The first-order valence-corrected chi connectivity index (χ1v) is 12.5. The Morgan fingerprint density at radius 3 is 2.61 bits per heavy atom. The van der Waals surface area contributed by atoms with E-state index in [1.807, 2.05) is 19.1 Å². The number of amides is 2. The molecule has 4 fully saturated rings. The van der Waals surface area contributed by atoms with Crippen LogP contribution in [0, 0.1) is 23.1 Å². The lowest BCUT2D eigenvalue weighted by Crippen LogP contribution is -2.60. The summed E-state index contributed by atoms with van der Waals surface area (Å²) in [6.07, 6.45) is 7.60. The molecule has 4 aliphatic rings. The summed E-state index contributed by atoms with van der Waals surface area (Å²) in [6.45, 7) is 3.90. The van der Waals surface area contributed by atoms with Crippen molar-refractivity contribution in [2.24, 2.45) is 5.92 Å². The van der Waals surface area contributed by atoms with E-state index in [1.165, 1.54) is 18.6 Å². The first kappa shape index (κ1) is 22.3. The minimum atomic E-state index is -0.342. The van der Waals surface area contributed by atoms with E-state index < -0.39 is 0 Å². The molecule has 5 rings (SSSR count). The Morgan fingerprint density at radius 1 is 1.21 bits per heavy atom. The second-order valence-electron chi connectivity index (χ2n) is 10.4. The van der Waals surface area contributed by atoms with Crippen LogP contribution >= 0.6 is 0 Å². The van der Waals surface area contributed by atoms with Crippen LogP contribution in [0.5, 0.6) is 0 Å². The molecule has 33 heavy (non-hydrogen) atoms. The zero-order valence-corrected chi connectivity index (χ0v) is 19.4. The van der Waals surface area contributed by atoms with Gasteiger partial charge in [-0.1, -0.05) is 38.3 Å². The van der Waals surface area contributed by atoms with E-state index in [2.05, 4.69) is 15.9 Å². The van der Waals surface area contributed by atoms with Crippen molar-refractivity contribution in [3.05, 3.63) is 35.6 Å². The highest BCUT2D eigenvalue weighted by atomic mass is 19.1. The van der Waals surface area contributed by atoms with Crippen LogP contribution in [0.4, 0.5) is 4.39 Å². The zero-order valence-electron chi connectivity index (χ0n) is 19.4. The van der Waals surface area contributed by atoms with Crippen LogP contribution in [0.25, 0.3) is 0 Å². The standard InChI is InChI=1S/C26H33FN4O2/c1-18(24(32)30-13-5-6-21(30)15-28)16-29-17-22-14-23(29)25(33)31(22)26(11-3-2-4-12-26)19-7-9-20(27)10-8-19/h7-10,18,21-23H,2-6,11-14,16-17H2,1H3/t18-,21-,22-,23-/m0/s1. The number of fused-ring (bicyclic) bond motifs is 2. The molecule has 0 aromatic heterocycles. The lowest BCUT2D eigenvalue weighted by atomic mass is 9.74. The summed E-state index contributed by atoms with van der Waals surface area (Å²) >= 11 is 0. The third-order valence-electron chi connectivity index (χ3n) is 8.41. The zero-order chi connectivity index (χ0) is 23.2. The Morgan fingerprint density at radius 2 is 1.94 bits per heavy atom. The van der Waals surface area contributed by atoms with Gasteiger partial charge in [0.05, 0.1) is 17.6 Å². The lowest BCUT2D eigenvalue weighted by Gasteiger charge is -2.50. The fraction of sp³-hybridized carbons (Fsp3) is 0.654. The van der Waals surface area contributed by atoms with E-state index in [9.17, 15) is 19.2 Å². The van der Waals surface area contributed by atoms with E-state index in [1.54, 1.807) is 4.90 Å². The summed E-state index contributed by atoms with van der Waals surface area (Å²) in [5, 5.41) is 9.33. The largest absolute Gasteiger partial charge is 0.327 e. The molecule has 1 aromatic rings. The van der Waals surface area contributed by atoms with Crippen molar-refractivity contribution in [3.63, 3.8) is 0 Å². The Bertz CT molecular complexity index is 952. The monoisotopic (exact) mass is 452 g/mol. The third-order valence-corrected chi connectivity index (χ3v) is 8.41. The average Bonchev–Trinajstić information content (AvgIpc) is 3.54. The van der Waals surface area contributed by atoms with Gasteiger partial charge in [-0.3, -0.25) is 14.5 Å². The van der Waals surface area contributed by atoms with Gasteiger partial charge < -0.3 is 9.80 Å². The van der Waals surface area contributed by atoms with Crippen LogP contribution in [0.2, 0.25) is 0 Å². The molecular weight excluding hydrogens is 419 g/mol. The molecule has 0 N–H and O–H groups in total. The Hall–Kier alpha value is -2.46. The van der Waals surface area contributed by atoms with Gasteiger partial charge in [-0.2, -0.15) is 5.26 Å². The van der Waals surface area contributed by atoms with Gasteiger partial charge in [0.15, 0.2) is 0 Å². The van der Waals surface area contributed by atoms with Gasteiger partial charge in [-0.15, -0.1) is 0 Å². The third kappa shape index (κ3) is 3.73. The van der Waals surface area contributed by atoms with Gasteiger partial charge in [-0.25, -0.2) is 4.39 Å². The number of carbonyl (C=O) groups excluding carboxylic acids is 2. The predicted octanol–water partition coefficient (Wildman–Crippen LogP) is 3.42. The maximum absolute atomic E-state index is 13.7. The molecule has 3 saturated heterocycles. The molecule has 0 unspecified atom stereocenters. The number of nitrogens with zero attached hydrogens (tertiary/aromatic N) is 4. The molecule has 2 bridgehead atoms. The maximum atomic E-state index is 13.7. The van der Waals surface area contributed by atoms with Crippen molar-refractivity contribution in [1.82, 2.24) is 14.7 Å². The van der Waals surface area contributed by atoms with Crippen LogP contribution in [0.3, 0.4) is 0 Å². The maximum Gasteiger partial charge on any atom is 0.241 e. The quantitative estimate of drug-likeness (QED) is 0.687. The van der Waals surface area contributed by atoms with Gasteiger partial charge in [0.2, 0.25) is 11.8 Å². The summed E-state index contributed by atoms with van der Waals surface area (Å²) in [7, 11) is 0. The number of benzene rings is 1. The molecule has 1 aliphatic carbocycles. The van der Waals surface area contributed by atoms with Crippen molar-refractivity contribution < 1.29 is 14.0 Å². The van der Waals surface area contributed by atoms with Crippen molar-refractivity contribution in [3.8, 4) is 6.07 Å². The van der Waals surface area contributed by atoms with Crippen LogP contribution in [-0.2, 0) is 15.1 Å². The highest BCUT2D eigenvalue weighted by molar-refractivity contribution is 5.87. The molecule has 0 spiro atoms. The average molecular weight is 453 g/mol. The molecule has 7 heteroatoms. The molecule has 176 valence electrons. The molecule has 6 nitrogen and oxygen atoms in total. The van der Waals surface area contributed by atoms with Gasteiger partial charge in [-0.05, 0) is 49.8 Å².